The molecule has 1 aliphatic heterocycles. The van der Waals surface area contributed by atoms with Gasteiger partial charge in [0.05, 0.1) is 20.3 Å². The molecule has 0 saturated carbocycles. The van der Waals surface area contributed by atoms with E-state index in [4.69, 9.17) is 14.2 Å². The monoisotopic (exact) mass is 333 g/mol. The highest BCUT2D eigenvalue weighted by atomic mass is 16.5. The summed E-state index contributed by atoms with van der Waals surface area (Å²) in [7, 11) is 1.66. The Hall–Kier alpha value is -1.52. The average molecular weight is 333 g/mol. The topological polar surface area (TPSA) is 30.9 Å². The summed E-state index contributed by atoms with van der Waals surface area (Å²) in [4.78, 5) is 2.49. The first-order valence-corrected chi connectivity index (χ1v) is 8.96. The predicted molar refractivity (Wildman–Crippen MR) is 98.9 cm³/mol. The summed E-state index contributed by atoms with van der Waals surface area (Å²) in [5.41, 5.74) is 1.11. The van der Waals surface area contributed by atoms with Crippen LogP contribution in [0, 0.1) is 5.92 Å². The van der Waals surface area contributed by atoms with Crippen molar-refractivity contribution in [2.24, 2.45) is 5.92 Å². The Morgan fingerprint density at radius 2 is 1.92 bits per heavy atom. The van der Waals surface area contributed by atoms with E-state index in [2.05, 4.69) is 11.8 Å². The molecular weight excluding hydrogens is 302 g/mol. The molecule has 1 saturated heterocycles. The van der Waals surface area contributed by atoms with Gasteiger partial charge >= 0.3 is 0 Å². The van der Waals surface area contributed by atoms with Gasteiger partial charge in [0.1, 0.15) is 6.61 Å². The highest BCUT2D eigenvalue weighted by Crippen LogP contribution is 2.28. The lowest BCUT2D eigenvalue weighted by atomic mass is 9.99. The number of benzene rings is 1. The second kappa shape index (κ2) is 10.4. The molecule has 0 amide bonds. The lowest BCUT2D eigenvalue weighted by Gasteiger charge is -2.29. The van der Waals surface area contributed by atoms with Crippen LogP contribution in [0.1, 0.15) is 32.3 Å². The number of allylic oxidation sites excluding steroid dienone is 1. The fraction of sp³-hybridized carbons (Fsp3) is 0.600. The minimum atomic E-state index is 0.538. The third-order valence-corrected chi connectivity index (χ3v) is 4.46. The maximum Gasteiger partial charge on any atom is 0.161 e. The summed E-state index contributed by atoms with van der Waals surface area (Å²) >= 11 is 0. The standard InChI is InChI=1S/C20H31NO3/c1-4-5-18-6-7-19(20(16-18)22-3)24-15-14-23-13-12-21-10-8-17(2)9-11-21/h4-7,16-17H,8-15H2,1-3H3/b5-4+. The summed E-state index contributed by atoms with van der Waals surface area (Å²) < 4.78 is 16.9. The van der Waals surface area contributed by atoms with E-state index >= 15 is 0 Å². The summed E-state index contributed by atoms with van der Waals surface area (Å²) in [5, 5.41) is 0. The number of methoxy groups -OCH3 is 1. The van der Waals surface area contributed by atoms with Gasteiger partial charge in [-0.3, -0.25) is 0 Å². The second-order valence-corrected chi connectivity index (χ2v) is 6.40. The van der Waals surface area contributed by atoms with Gasteiger partial charge in [-0.25, -0.2) is 0 Å². The van der Waals surface area contributed by atoms with Crippen LogP contribution in [0.4, 0.5) is 0 Å². The molecule has 24 heavy (non-hydrogen) atoms. The fourth-order valence-electron chi connectivity index (χ4n) is 2.89. The summed E-state index contributed by atoms with van der Waals surface area (Å²) in [5.74, 6) is 2.40. The van der Waals surface area contributed by atoms with Crippen LogP contribution in [-0.2, 0) is 4.74 Å². The average Bonchev–Trinajstić information content (AvgIpc) is 2.60. The molecule has 4 nitrogen and oxygen atoms in total. The number of piperidine rings is 1. The van der Waals surface area contributed by atoms with Crippen LogP contribution in [-0.4, -0.2) is 51.5 Å². The smallest absolute Gasteiger partial charge is 0.161 e. The predicted octanol–water partition coefficient (Wildman–Crippen LogP) is 3.86. The van der Waals surface area contributed by atoms with E-state index < -0.39 is 0 Å². The molecule has 0 bridgehead atoms. The largest absolute Gasteiger partial charge is 0.493 e. The molecule has 0 N–H and O–H groups in total. The normalized spacial score (nSPS) is 16.6. The van der Waals surface area contributed by atoms with Crippen molar-refractivity contribution in [3.63, 3.8) is 0 Å². The lowest BCUT2D eigenvalue weighted by Crippen LogP contribution is -2.35. The van der Waals surface area contributed by atoms with Crippen LogP contribution in [0.3, 0.4) is 0 Å². The van der Waals surface area contributed by atoms with Crippen LogP contribution < -0.4 is 9.47 Å². The molecule has 2 rings (SSSR count). The molecule has 0 aliphatic carbocycles. The van der Waals surface area contributed by atoms with Crippen molar-refractivity contribution in [3.8, 4) is 11.5 Å². The molecule has 1 aliphatic rings. The molecule has 4 heteroatoms. The molecule has 0 spiro atoms. The summed E-state index contributed by atoms with van der Waals surface area (Å²) in [6.07, 6.45) is 6.67. The Balaban J connectivity index is 1.63. The van der Waals surface area contributed by atoms with E-state index in [0.29, 0.717) is 13.2 Å². The van der Waals surface area contributed by atoms with Gasteiger partial charge in [0, 0.05) is 6.54 Å². The maximum atomic E-state index is 5.78. The molecule has 0 atom stereocenters. The first-order chi connectivity index (χ1) is 11.7. The number of nitrogens with zero attached hydrogens (tertiary/aromatic N) is 1. The van der Waals surface area contributed by atoms with Crippen molar-refractivity contribution < 1.29 is 14.2 Å². The quantitative estimate of drug-likeness (QED) is 0.642. The van der Waals surface area contributed by atoms with Gasteiger partial charge in [0.25, 0.3) is 0 Å². The third-order valence-electron chi connectivity index (χ3n) is 4.46. The molecule has 1 fully saturated rings. The molecule has 0 unspecified atom stereocenters. The molecule has 1 aromatic carbocycles. The van der Waals surface area contributed by atoms with Crippen LogP contribution in [0.5, 0.6) is 11.5 Å². The number of hydrogen-bond acceptors (Lipinski definition) is 4. The summed E-state index contributed by atoms with van der Waals surface area (Å²) in [6.45, 7) is 9.68. The van der Waals surface area contributed by atoms with Crippen molar-refractivity contribution in [1.29, 1.82) is 0 Å². The van der Waals surface area contributed by atoms with Gasteiger partial charge in [0.15, 0.2) is 11.5 Å². The molecule has 0 radical (unpaired) electrons. The van der Waals surface area contributed by atoms with E-state index in [1.165, 1.54) is 25.9 Å². The highest BCUT2D eigenvalue weighted by Gasteiger charge is 2.14. The first kappa shape index (κ1) is 18.8. The van der Waals surface area contributed by atoms with Gasteiger partial charge in [-0.05, 0) is 56.5 Å². The Morgan fingerprint density at radius 1 is 1.12 bits per heavy atom. The number of rotatable bonds is 9. The van der Waals surface area contributed by atoms with E-state index in [9.17, 15) is 0 Å². The lowest BCUT2D eigenvalue weighted by molar-refractivity contribution is 0.0703. The SMILES string of the molecule is C/C=C/c1ccc(OCCOCCN2CCC(C)CC2)c(OC)c1. The molecule has 1 heterocycles. The maximum absolute atomic E-state index is 5.78. The summed E-state index contributed by atoms with van der Waals surface area (Å²) in [6, 6.07) is 5.95. The van der Waals surface area contributed by atoms with Gasteiger partial charge in [-0.2, -0.15) is 0 Å². The van der Waals surface area contributed by atoms with Gasteiger partial charge in [0.2, 0.25) is 0 Å². The number of likely N-dealkylation sites (tertiary alicyclic amines) is 1. The highest BCUT2D eigenvalue weighted by molar-refractivity contribution is 5.55. The Kier molecular flexibility index (Phi) is 8.13. The zero-order chi connectivity index (χ0) is 17.2. The van der Waals surface area contributed by atoms with Crippen molar-refractivity contribution in [3.05, 3.63) is 29.8 Å². The van der Waals surface area contributed by atoms with Crippen molar-refractivity contribution in [2.45, 2.75) is 26.7 Å². The second-order valence-electron chi connectivity index (χ2n) is 6.40. The third kappa shape index (κ3) is 6.17. The van der Waals surface area contributed by atoms with Crippen LogP contribution >= 0.6 is 0 Å². The van der Waals surface area contributed by atoms with E-state index in [0.717, 1.165) is 36.1 Å². The molecule has 1 aromatic rings. The first-order valence-electron chi connectivity index (χ1n) is 8.96. The van der Waals surface area contributed by atoms with E-state index in [1.807, 2.05) is 37.3 Å². The van der Waals surface area contributed by atoms with E-state index in [-0.39, 0.29) is 0 Å². The van der Waals surface area contributed by atoms with Crippen molar-refractivity contribution in [1.82, 2.24) is 4.90 Å². The minimum absolute atomic E-state index is 0.538. The zero-order valence-corrected chi connectivity index (χ0v) is 15.3. The zero-order valence-electron chi connectivity index (χ0n) is 15.3. The van der Waals surface area contributed by atoms with Gasteiger partial charge < -0.3 is 19.1 Å². The van der Waals surface area contributed by atoms with Crippen molar-refractivity contribution in [2.75, 3.05) is 46.6 Å². The molecular formula is C20H31NO3. The van der Waals surface area contributed by atoms with Crippen LogP contribution in [0.25, 0.3) is 6.08 Å². The Labute approximate surface area is 146 Å². The minimum Gasteiger partial charge on any atom is -0.493 e. The van der Waals surface area contributed by atoms with Crippen molar-refractivity contribution >= 4 is 6.08 Å². The van der Waals surface area contributed by atoms with Crippen LogP contribution in [0.15, 0.2) is 24.3 Å². The fourth-order valence-corrected chi connectivity index (χ4v) is 2.89. The Morgan fingerprint density at radius 3 is 2.62 bits per heavy atom. The number of hydrogen-bond donors (Lipinski definition) is 0. The molecule has 134 valence electrons. The van der Waals surface area contributed by atoms with Gasteiger partial charge in [-0.1, -0.05) is 25.1 Å². The van der Waals surface area contributed by atoms with E-state index in [1.54, 1.807) is 7.11 Å². The number of ether oxygens (including phenoxy) is 3. The van der Waals surface area contributed by atoms with Gasteiger partial charge in [-0.15, -0.1) is 0 Å². The molecule has 0 aromatic heterocycles. The Bertz CT molecular complexity index is 508. The van der Waals surface area contributed by atoms with Crippen LogP contribution in [0.2, 0.25) is 0 Å².